The number of rotatable bonds is 8. The van der Waals surface area contributed by atoms with Crippen molar-refractivity contribution in [1.82, 2.24) is 5.32 Å². The van der Waals surface area contributed by atoms with Gasteiger partial charge in [0.15, 0.2) is 0 Å². The first kappa shape index (κ1) is 27.8. The normalized spacial score (nSPS) is 14.8. The van der Waals surface area contributed by atoms with Crippen molar-refractivity contribution in [2.24, 2.45) is 0 Å². The molecule has 0 fully saturated rings. The SMILES string of the molecule is COC(=O)c1ccccc1NC(=O)C1=C(C)NC(SCC(=O)Nc2ccc(Br)cc2)=C(C#N)C1c1ccco1. The van der Waals surface area contributed by atoms with E-state index in [9.17, 15) is 19.6 Å². The number of anilines is 2. The van der Waals surface area contributed by atoms with Crippen molar-refractivity contribution in [3.8, 4) is 6.07 Å². The van der Waals surface area contributed by atoms with Crippen molar-refractivity contribution < 1.29 is 23.5 Å². The van der Waals surface area contributed by atoms with Gasteiger partial charge < -0.3 is 25.1 Å². The van der Waals surface area contributed by atoms with Crippen LogP contribution in [0.5, 0.6) is 0 Å². The fourth-order valence-corrected chi connectivity index (χ4v) is 5.16. The van der Waals surface area contributed by atoms with Gasteiger partial charge in [0.05, 0.1) is 58.5 Å². The van der Waals surface area contributed by atoms with Gasteiger partial charge in [0, 0.05) is 15.9 Å². The second kappa shape index (κ2) is 12.5. The molecule has 2 aromatic carbocycles. The van der Waals surface area contributed by atoms with Gasteiger partial charge in [-0.05, 0) is 55.5 Å². The Balaban J connectivity index is 1.60. The smallest absolute Gasteiger partial charge is 0.339 e. The van der Waals surface area contributed by atoms with Gasteiger partial charge in [0.2, 0.25) is 5.91 Å². The number of ether oxygens (including phenoxy) is 1. The van der Waals surface area contributed by atoms with E-state index in [0.29, 0.717) is 22.2 Å². The molecule has 3 aromatic rings. The molecule has 39 heavy (non-hydrogen) atoms. The Kier molecular flexibility index (Phi) is 8.91. The van der Waals surface area contributed by atoms with Crippen molar-refractivity contribution >= 4 is 56.9 Å². The molecule has 0 aliphatic carbocycles. The van der Waals surface area contributed by atoms with Crippen LogP contribution >= 0.6 is 27.7 Å². The molecule has 2 heterocycles. The van der Waals surface area contributed by atoms with Crippen molar-refractivity contribution in [1.29, 1.82) is 5.26 Å². The number of nitriles is 1. The van der Waals surface area contributed by atoms with Crippen LogP contribution in [-0.4, -0.2) is 30.6 Å². The molecular weight excluding hydrogens is 584 g/mol. The number of benzene rings is 2. The number of furan rings is 1. The van der Waals surface area contributed by atoms with Gasteiger partial charge in [-0.3, -0.25) is 9.59 Å². The fourth-order valence-electron chi connectivity index (χ4n) is 4.01. The third-order valence-electron chi connectivity index (χ3n) is 5.78. The first-order valence-corrected chi connectivity index (χ1v) is 13.4. The van der Waals surface area contributed by atoms with Gasteiger partial charge in [-0.2, -0.15) is 5.26 Å². The molecule has 0 radical (unpaired) electrons. The van der Waals surface area contributed by atoms with Gasteiger partial charge >= 0.3 is 5.97 Å². The minimum Gasteiger partial charge on any atom is -0.468 e. The topological polar surface area (TPSA) is 133 Å². The number of hydrogen-bond donors (Lipinski definition) is 3. The molecule has 9 nitrogen and oxygen atoms in total. The highest BCUT2D eigenvalue weighted by Crippen LogP contribution is 2.41. The largest absolute Gasteiger partial charge is 0.468 e. The molecule has 4 rings (SSSR count). The summed E-state index contributed by atoms with van der Waals surface area (Å²) in [4.78, 5) is 38.4. The summed E-state index contributed by atoms with van der Waals surface area (Å²) < 4.78 is 11.4. The lowest BCUT2D eigenvalue weighted by Crippen LogP contribution is -2.31. The highest BCUT2D eigenvalue weighted by atomic mass is 79.9. The summed E-state index contributed by atoms with van der Waals surface area (Å²) in [6, 6.07) is 19.2. The van der Waals surface area contributed by atoms with E-state index in [-0.39, 0.29) is 34.1 Å². The molecule has 11 heteroatoms. The van der Waals surface area contributed by atoms with Crippen LogP contribution in [0.25, 0.3) is 0 Å². The highest BCUT2D eigenvalue weighted by Gasteiger charge is 2.37. The molecule has 198 valence electrons. The number of para-hydroxylation sites is 1. The maximum absolute atomic E-state index is 13.6. The number of carbonyl (C=O) groups is 3. The Bertz CT molecular complexity index is 1510. The van der Waals surface area contributed by atoms with E-state index in [1.165, 1.54) is 13.4 Å². The lowest BCUT2D eigenvalue weighted by molar-refractivity contribution is -0.114. The van der Waals surface area contributed by atoms with Gasteiger partial charge in [-0.1, -0.05) is 39.8 Å². The second-order valence-electron chi connectivity index (χ2n) is 8.30. The molecule has 2 amide bonds. The minimum atomic E-state index is -0.839. The molecule has 1 aliphatic rings. The number of nitrogens with one attached hydrogen (secondary N) is 3. The van der Waals surface area contributed by atoms with Crippen LogP contribution < -0.4 is 16.0 Å². The maximum Gasteiger partial charge on any atom is 0.339 e. The number of hydrogen-bond acceptors (Lipinski definition) is 8. The predicted octanol–water partition coefficient (Wildman–Crippen LogP) is 5.54. The summed E-state index contributed by atoms with van der Waals surface area (Å²) in [5, 5.41) is 19.3. The van der Waals surface area contributed by atoms with Crippen LogP contribution in [0, 0.1) is 11.3 Å². The number of halogens is 1. The van der Waals surface area contributed by atoms with Crippen LogP contribution in [0.15, 0.2) is 97.7 Å². The van der Waals surface area contributed by atoms with E-state index >= 15 is 0 Å². The quantitative estimate of drug-likeness (QED) is 0.285. The standard InChI is InChI=1S/C28H23BrN4O5S/c1-16-24(26(35)33-21-7-4-3-6-19(21)28(36)37-2)25(22-8-5-13-38-22)20(14-30)27(31-16)39-15-23(34)32-18-11-9-17(29)10-12-18/h3-13,25,31H,15H2,1-2H3,(H,32,34)(H,33,35). The number of thioether (sulfide) groups is 1. The summed E-state index contributed by atoms with van der Waals surface area (Å²) >= 11 is 4.51. The van der Waals surface area contributed by atoms with Crippen molar-refractivity contribution in [3.63, 3.8) is 0 Å². The third-order valence-corrected chi connectivity index (χ3v) is 7.32. The molecule has 1 unspecified atom stereocenters. The molecule has 1 atom stereocenters. The number of allylic oxidation sites excluding steroid dienone is 2. The zero-order valence-corrected chi connectivity index (χ0v) is 23.3. The van der Waals surface area contributed by atoms with E-state index < -0.39 is 17.8 Å². The van der Waals surface area contributed by atoms with Gasteiger partial charge in [0.1, 0.15) is 5.76 Å². The summed E-state index contributed by atoms with van der Waals surface area (Å²) in [7, 11) is 1.26. The number of carbonyl (C=O) groups excluding carboxylic acids is 3. The number of esters is 1. The molecule has 0 saturated heterocycles. The lowest BCUT2D eigenvalue weighted by atomic mass is 9.85. The first-order chi connectivity index (χ1) is 18.8. The Morgan fingerprint density at radius 3 is 2.51 bits per heavy atom. The summed E-state index contributed by atoms with van der Waals surface area (Å²) in [5.74, 6) is -1.81. The summed E-state index contributed by atoms with van der Waals surface area (Å²) in [6.07, 6.45) is 1.46. The Morgan fingerprint density at radius 2 is 1.85 bits per heavy atom. The van der Waals surface area contributed by atoms with E-state index in [2.05, 4.69) is 37.9 Å². The van der Waals surface area contributed by atoms with Crippen LogP contribution in [0.4, 0.5) is 11.4 Å². The van der Waals surface area contributed by atoms with E-state index in [1.54, 1.807) is 55.5 Å². The Morgan fingerprint density at radius 1 is 1.10 bits per heavy atom. The zero-order chi connectivity index (χ0) is 27.9. The van der Waals surface area contributed by atoms with E-state index in [0.717, 1.165) is 16.2 Å². The summed E-state index contributed by atoms with van der Waals surface area (Å²) in [6.45, 7) is 1.70. The van der Waals surface area contributed by atoms with Gasteiger partial charge in [-0.15, -0.1) is 0 Å². The maximum atomic E-state index is 13.6. The molecule has 3 N–H and O–H groups in total. The average molecular weight is 607 g/mol. The van der Waals surface area contributed by atoms with E-state index in [1.807, 2.05) is 12.1 Å². The monoisotopic (exact) mass is 606 g/mol. The molecular formula is C28H23BrN4O5S. The molecule has 0 saturated carbocycles. The number of amides is 2. The van der Waals surface area contributed by atoms with Crippen molar-refractivity contribution in [3.05, 3.63) is 105 Å². The third kappa shape index (κ3) is 6.42. The fraction of sp³-hybridized carbons (Fsp3) is 0.143. The predicted molar refractivity (Wildman–Crippen MR) is 152 cm³/mol. The molecule has 0 spiro atoms. The van der Waals surface area contributed by atoms with Crippen molar-refractivity contribution in [2.45, 2.75) is 12.8 Å². The van der Waals surface area contributed by atoms with E-state index in [4.69, 9.17) is 9.15 Å². The molecule has 1 aliphatic heterocycles. The van der Waals surface area contributed by atoms with Crippen LogP contribution in [-0.2, 0) is 14.3 Å². The number of dihydropyridines is 1. The van der Waals surface area contributed by atoms with Gasteiger partial charge in [0.25, 0.3) is 5.91 Å². The second-order valence-corrected chi connectivity index (χ2v) is 10.2. The Hall–Kier alpha value is -4.27. The van der Waals surface area contributed by atoms with Crippen LogP contribution in [0.2, 0.25) is 0 Å². The Labute approximate surface area is 237 Å². The van der Waals surface area contributed by atoms with Crippen molar-refractivity contribution in [2.75, 3.05) is 23.5 Å². The number of nitrogens with zero attached hydrogens (tertiary/aromatic N) is 1. The first-order valence-electron chi connectivity index (χ1n) is 11.6. The zero-order valence-electron chi connectivity index (χ0n) is 20.9. The average Bonchev–Trinajstić information content (AvgIpc) is 3.47. The van der Waals surface area contributed by atoms with Crippen LogP contribution in [0.1, 0.15) is 29.0 Å². The summed E-state index contributed by atoms with van der Waals surface area (Å²) in [5.41, 5.74) is 2.03. The lowest BCUT2D eigenvalue weighted by Gasteiger charge is -2.28. The molecule has 1 aromatic heterocycles. The van der Waals surface area contributed by atoms with Gasteiger partial charge in [-0.25, -0.2) is 4.79 Å². The molecule has 0 bridgehead atoms. The highest BCUT2D eigenvalue weighted by molar-refractivity contribution is 9.10. The minimum absolute atomic E-state index is 0.0236. The van der Waals surface area contributed by atoms with Crippen LogP contribution in [0.3, 0.4) is 0 Å². The number of methoxy groups -OCH3 is 1.